The summed E-state index contributed by atoms with van der Waals surface area (Å²) in [4.78, 5) is 0. The molecule has 0 aliphatic carbocycles. The third kappa shape index (κ3) is 14.5. The summed E-state index contributed by atoms with van der Waals surface area (Å²) < 4.78 is 1.32. The van der Waals surface area contributed by atoms with Gasteiger partial charge in [0.15, 0.2) is 0 Å². The van der Waals surface area contributed by atoms with E-state index in [1.165, 1.54) is 121 Å². The number of quaternary nitrogens is 1. The molecule has 0 aromatic carbocycles. The maximum absolute atomic E-state index is 2.43. The van der Waals surface area contributed by atoms with Crippen molar-refractivity contribution in [2.75, 3.05) is 26.2 Å². The summed E-state index contributed by atoms with van der Waals surface area (Å²) in [5.41, 5.74) is 0. The van der Waals surface area contributed by atoms with E-state index in [0.29, 0.717) is 0 Å². The number of rotatable bonds is 19. The SMILES string of the molecule is CCCCCCCC/C=C\CCCCCCCC[N+](CC)(CC)CC. The van der Waals surface area contributed by atoms with Crippen molar-refractivity contribution in [2.45, 2.75) is 118 Å². The van der Waals surface area contributed by atoms with Crippen molar-refractivity contribution in [2.24, 2.45) is 0 Å². The summed E-state index contributed by atoms with van der Waals surface area (Å²) in [6.45, 7) is 14.7. The first-order valence-electron chi connectivity index (χ1n) is 11.7. The molecule has 0 saturated carbocycles. The summed E-state index contributed by atoms with van der Waals surface area (Å²) >= 11 is 0. The zero-order valence-electron chi connectivity index (χ0n) is 18.3. The van der Waals surface area contributed by atoms with Crippen molar-refractivity contribution in [3.05, 3.63) is 12.2 Å². The van der Waals surface area contributed by atoms with E-state index in [9.17, 15) is 0 Å². The van der Waals surface area contributed by atoms with Crippen LogP contribution >= 0.6 is 0 Å². The molecular formula is C24H50N+. The quantitative estimate of drug-likeness (QED) is 0.126. The lowest BCUT2D eigenvalue weighted by Crippen LogP contribution is -2.48. The second-order valence-electron chi connectivity index (χ2n) is 7.95. The fourth-order valence-electron chi connectivity index (χ4n) is 3.84. The van der Waals surface area contributed by atoms with Gasteiger partial charge in [0.25, 0.3) is 0 Å². The van der Waals surface area contributed by atoms with Crippen LogP contribution in [0.15, 0.2) is 12.2 Å². The first kappa shape index (κ1) is 24.7. The van der Waals surface area contributed by atoms with Crippen LogP contribution < -0.4 is 0 Å². The first-order valence-corrected chi connectivity index (χ1v) is 11.7. The van der Waals surface area contributed by atoms with E-state index in [-0.39, 0.29) is 0 Å². The highest BCUT2D eigenvalue weighted by molar-refractivity contribution is 4.81. The van der Waals surface area contributed by atoms with Gasteiger partial charge in [-0.3, -0.25) is 0 Å². The third-order valence-corrected chi connectivity index (χ3v) is 6.16. The van der Waals surface area contributed by atoms with E-state index in [0.717, 1.165) is 0 Å². The van der Waals surface area contributed by atoms with Gasteiger partial charge in [-0.2, -0.15) is 0 Å². The van der Waals surface area contributed by atoms with E-state index in [1.807, 2.05) is 0 Å². The van der Waals surface area contributed by atoms with Crippen LogP contribution in [0.1, 0.15) is 118 Å². The summed E-state index contributed by atoms with van der Waals surface area (Å²) in [7, 11) is 0. The number of unbranched alkanes of at least 4 members (excludes halogenated alkanes) is 12. The second-order valence-corrected chi connectivity index (χ2v) is 7.95. The van der Waals surface area contributed by atoms with E-state index < -0.39 is 0 Å². The molecule has 1 heteroatoms. The lowest BCUT2D eigenvalue weighted by atomic mass is 10.1. The Morgan fingerprint density at radius 1 is 0.480 bits per heavy atom. The van der Waals surface area contributed by atoms with Crippen molar-refractivity contribution in [3.63, 3.8) is 0 Å². The van der Waals surface area contributed by atoms with Crippen LogP contribution in [0.2, 0.25) is 0 Å². The molecular weight excluding hydrogens is 302 g/mol. The van der Waals surface area contributed by atoms with Crippen LogP contribution in [0.25, 0.3) is 0 Å². The Labute approximate surface area is 160 Å². The van der Waals surface area contributed by atoms with Crippen molar-refractivity contribution in [1.29, 1.82) is 0 Å². The van der Waals surface area contributed by atoms with E-state index >= 15 is 0 Å². The van der Waals surface area contributed by atoms with Gasteiger partial charge in [0.1, 0.15) is 0 Å². The lowest BCUT2D eigenvalue weighted by Gasteiger charge is -2.35. The lowest BCUT2D eigenvalue weighted by molar-refractivity contribution is -0.923. The molecule has 0 radical (unpaired) electrons. The van der Waals surface area contributed by atoms with Gasteiger partial charge in [0.2, 0.25) is 0 Å². The first-order chi connectivity index (χ1) is 12.2. The van der Waals surface area contributed by atoms with Crippen LogP contribution in [0, 0.1) is 0 Å². The standard InChI is InChI=1S/C24H50N/c1-5-9-10-11-12-13-14-15-16-17-18-19-20-21-22-23-24-25(6-2,7-3)8-4/h15-16H,5-14,17-24H2,1-4H3/q+1/b16-15-. The molecule has 0 aliphatic rings. The van der Waals surface area contributed by atoms with Crippen LogP contribution in [-0.2, 0) is 0 Å². The highest BCUT2D eigenvalue weighted by Crippen LogP contribution is 2.13. The molecule has 0 spiro atoms. The Morgan fingerprint density at radius 2 is 0.880 bits per heavy atom. The largest absolute Gasteiger partial charge is 0.324 e. The number of hydrogen-bond acceptors (Lipinski definition) is 0. The molecule has 0 unspecified atom stereocenters. The highest BCUT2D eigenvalue weighted by Gasteiger charge is 2.19. The number of nitrogens with zero attached hydrogens (tertiary/aromatic N) is 1. The van der Waals surface area contributed by atoms with Gasteiger partial charge in [-0.25, -0.2) is 0 Å². The predicted octanol–water partition coefficient (Wildman–Crippen LogP) is 7.90. The van der Waals surface area contributed by atoms with Gasteiger partial charge in [-0.05, 0) is 59.3 Å². The van der Waals surface area contributed by atoms with Crippen molar-refractivity contribution in [3.8, 4) is 0 Å². The molecule has 0 heterocycles. The zero-order valence-corrected chi connectivity index (χ0v) is 18.3. The minimum absolute atomic E-state index is 1.30. The van der Waals surface area contributed by atoms with Crippen molar-refractivity contribution in [1.82, 2.24) is 0 Å². The van der Waals surface area contributed by atoms with Crippen LogP contribution in [0.5, 0.6) is 0 Å². The number of allylic oxidation sites excluding steroid dienone is 2. The second kappa shape index (κ2) is 18.5. The molecule has 0 aromatic rings. The Morgan fingerprint density at radius 3 is 1.32 bits per heavy atom. The molecule has 0 fully saturated rings. The summed E-state index contributed by atoms with van der Waals surface area (Å²) in [5.74, 6) is 0. The molecule has 0 bridgehead atoms. The predicted molar refractivity (Wildman–Crippen MR) is 116 cm³/mol. The molecule has 0 rings (SSSR count). The van der Waals surface area contributed by atoms with E-state index in [4.69, 9.17) is 0 Å². The fraction of sp³-hybridized carbons (Fsp3) is 0.917. The minimum atomic E-state index is 1.30. The molecule has 25 heavy (non-hydrogen) atoms. The van der Waals surface area contributed by atoms with Gasteiger partial charge in [0.05, 0.1) is 26.2 Å². The Hall–Kier alpha value is -0.300. The van der Waals surface area contributed by atoms with Gasteiger partial charge in [-0.15, -0.1) is 0 Å². The smallest absolute Gasteiger partial charge is 0.0786 e. The van der Waals surface area contributed by atoms with Crippen LogP contribution in [0.3, 0.4) is 0 Å². The number of hydrogen-bond donors (Lipinski definition) is 0. The third-order valence-electron chi connectivity index (χ3n) is 6.16. The van der Waals surface area contributed by atoms with Crippen molar-refractivity contribution < 1.29 is 4.48 Å². The molecule has 0 aromatic heterocycles. The van der Waals surface area contributed by atoms with Crippen LogP contribution in [-0.4, -0.2) is 30.7 Å². The fourth-order valence-corrected chi connectivity index (χ4v) is 3.84. The van der Waals surface area contributed by atoms with Gasteiger partial charge in [-0.1, -0.05) is 70.4 Å². The maximum atomic E-state index is 2.43. The van der Waals surface area contributed by atoms with Gasteiger partial charge in [0, 0.05) is 0 Å². The Kier molecular flexibility index (Phi) is 18.3. The zero-order chi connectivity index (χ0) is 18.6. The summed E-state index contributed by atoms with van der Waals surface area (Å²) in [6, 6.07) is 0. The Balaban J connectivity index is 3.32. The normalized spacial score (nSPS) is 12.3. The minimum Gasteiger partial charge on any atom is -0.324 e. The molecule has 150 valence electrons. The van der Waals surface area contributed by atoms with E-state index in [2.05, 4.69) is 39.8 Å². The monoisotopic (exact) mass is 352 g/mol. The topological polar surface area (TPSA) is 0 Å². The molecule has 0 N–H and O–H groups in total. The maximum Gasteiger partial charge on any atom is 0.0786 e. The average Bonchev–Trinajstić information content (AvgIpc) is 2.65. The van der Waals surface area contributed by atoms with E-state index in [1.54, 1.807) is 0 Å². The molecule has 0 atom stereocenters. The average molecular weight is 353 g/mol. The van der Waals surface area contributed by atoms with Crippen molar-refractivity contribution >= 4 is 0 Å². The van der Waals surface area contributed by atoms with Gasteiger partial charge < -0.3 is 4.48 Å². The highest BCUT2D eigenvalue weighted by atomic mass is 15.3. The molecule has 0 aliphatic heterocycles. The summed E-state index contributed by atoms with van der Waals surface area (Å²) in [5, 5.41) is 0. The molecule has 0 amide bonds. The van der Waals surface area contributed by atoms with Crippen LogP contribution in [0.4, 0.5) is 0 Å². The molecule has 1 nitrogen and oxygen atoms in total. The Bertz CT molecular complexity index is 270. The van der Waals surface area contributed by atoms with Gasteiger partial charge >= 0.3 is 0 Å². The molecule has 0 saturated heterocycles. The summed E-state index contributed by atoms with van der Waals surface area (Å²) in [6.07, 6.45) is 24.5.